The number of carboxylic acid groups (broad SMARTS) is 1. The van der Waals surface area contributed by atoms with Gasteiger partial charge >= 0.3 is 5.97 Å². The summed E-state index contributed by atoms with van der Waals surface area (Å²) in [6.07, 6.45) is 4.24. The lowest BCUT2D eigenvalue weighted by molar-refractivity contribution is -0.139. The number of carbonyl (C=O) groups is 1. The minimum Gasteiger partial charge on any atom is -0.480 e. The van der Waals surface area contributed by atoms with Crippen molar-refractivity contribution in [2.24, 2.45) is 11.7 Å². The van der Waals surface area contributed by atoms with Gasteiger partial charge in [0.1, 0.15) is 6.04 Å². The summed E-state index contributed by atoms with van der Waals surface area (Å²) in [4.78, 5) is 10.2. The Kier molecular flexibility index (Phi) is 2.27. The fourth-order valence-corrected chi connectivity index (χ4v) is 1.19. The molecule has 0 aromatic carbocycles. The van der Waals surface area contributed by atoms with Crippen molar-refractivity contribution in [2.45, 2.75) is 31.7 Å². The molecule has 0 amide bonds. The molecule has 58 valence electrons. The van der Waals surface area contributed by atoms with E-state index in [0.29, 0.717) is 12.3 Å². The minimum atomic E-state index is -0.869. The van der Waals surface area contributed by atoms with Crippen LogP contribution in [0, 0.1) is 5.92 Å². The third-order valence-electron chi connectivity index (χ3n) is 2.13. The Bertz CT molecular complexity index is 132. The Hall–Kier alpha value is -0.570. The Labute approximate surface area is 60.2 Å². The summed E-state index contributed by atoms with van der Waals surface area (Å²) in [6, 6.07) is -0.634. The topological polar surface area (TPSA) is 63.3 Å². The Morgan fingerprint density at radius 3 is 2.60 bits per heavy atom. The molecule has 3 heteroatoms. The lowest BCUT2D eigenvalue weighted by atomic mass is 9.81. The van der Waals surface area contributed by atoms with E-state index in [4.69, 9.17) is 10.8 Å². The highest BCUT2D eigenvalue weighted by molar-refractivity contribution is 5.73. The number of hydrogen-bond acceptors (Lipinski definition) is 2. The van der Waals surface area contributed by atoms with Gasteiger partial charge in [0.15, 0.2) is 0 Å². The average molecular weight is 143 g/mol. The van der Waals surface area contributed by atoms with E-state index in [0.717, 1.165) is 0 Å². The van der Waals surface area contributed by atoms with Crippen molar-refractivity contribution in [2.75, 3.05) is 0 Å². The molecule has 1 unspecified atom stereocenters. The highest BCUT2D eigenvalue weighted by Gasteiger charge is 2.23. The first kappa shape index (κ1) is 7.54. The SMILES string of the molecule is NC(CC1CCC1)C(=O)O. The van der Waals surface area contributed by atoms with Gasteiger partial charge in [-0.25, -0.2) is 0 Å². The molecule has 0 bridgehead atoms. The second kappa shape index (κ2) is 3.01. The van der Waals surface area contributed by atoms with Crippen LogP contribution in [0.15, 0.2) is 0 Å². The van der Waals surface area contributed by atoms with E-state index in [2.05, 4.69) is 0 Å². The lowest BCUT2D eigenvalue weighted by Crippen LogP contribution is -2.33. The zero-order valence-electron chi connectivity index (χ0n) is 5.92. The standard InChI is InChI=1S/C7H13NO2/c8-6(7(9)10)4-5-2-1-3-5/h5-6H,1-4,8H2,(H,9,10). The summed E-state index contributed by atoms with van der Waals surface area (Å²) in [7, 11) is 0. The van der Waals surface area contributed by atoms with E-state index >= 15 is 0 Å². The maximum absolute atomic E-state index is 10.2. The molecular formula is C7H13NO2. The van der Waals surface area contributed by atoms with Crippen LogP contribution >= 0.6 is 0 Å². The summed E-state index contributed by atoms with van der Waals surface area (Å²) < 4.78 is 0. The Balaban J connectivity index is 2.16. The van der Waals surface area contributed by atoms with Gasteiger partial charge in [0.05, 0.1) is 0 Å². The van der Waals surface area contributed by atoms with Crippen LogP contribution in [0.4, 0.5) is 0 Å². The van der Waals surface area contributed by atoms with Crippen LogP contribution in [0.3, 0.4) is 0 Å². The highest BCUT2D eigenvalue weighted by atomic mass is 16.4. The zero-order valence-corrected chi connectivity index (χ0v) is 5.92. The second-order valence-corrected chi connectivity index (χ2v) is 2.98. The molecule has 0 heterocycles. The summed E-state index contributed by atoms with van der Waals surface area (Å²) in [6.45, 7) is 0. The van der Waals surface area contributed by atoms with Crippen molar-refractivity contribution in [1.82, 2.24) is 0 Å². The maximum Gasteiger partial charge on any atom is 0.320 e. The van der Waals surface area contributed by atoms with Crippen molar-refractivity contribution in [3.05, 3.63) is 0 Å². The highest BCUT2D eigenvalue weighted by Crippen LogP contribution is 2.29. The third kappa shape index (κ3) is 1.70. The normalized spacial score (nSPS) is 21.7. The molecule has 0 aromatic heterocycles. The first-order valence-corrected chi connectivity index (χ1v) is 3.68. The van der Waals surface area contributed by atoms with Gasteiger partial charge in [0, 0.05) is 0 Å². The van der Waals surface area contributed by atoms with Crippen molar-refractivity contribution in [3.63, 3.8) is 0 Å². The monoisotopic (exact) mass is 143 g/mol. The summed E-state index contributed by atoms with van der Waals surface area (Å²) in [5.74, 6) is -0.280. The van der Waals surface area contributed by atoms with Gasteiger partial charge in [-0.2, -0.15) is 0 Å². The maximum atomic E-state index is 10.2. The molecule has 1 rings (SSSR count). The van der Waals surface area contributed by atoms with Crippen LogP contribution in [-0.4, -0.2) is 17.1 Å². The summed E-state index contributed by atoms with van der Waals surface area (Å²) in [5, 5.41) is 8.43. The molecule has 0 aromatic rings. The molecule has 3 N–H and O–H groups in total. The zero-order chi connectivity index (χ0) is 7.56. The quantitative estimate of drug-likeness (QED) is 0.607. The molecule has 0 aliphatic heterocycles. The predicted octanol–water partition coefficient (Wildman–Crippen LogP) is 0.588. The smallest absolute Gasteiger partial charge is 0.320 e. The number of hydrogen-bond donors (Lipinski definition) is 2. The fraction of sp³-hybridized carbons (Fsp3) is 0.857. The van der Waals surface area contributed by atoms with E-state index in [1.165, 1.54) is 19.3 Å². The van der Waals surface area contributed by atoms with Crippen LogP contribution in [0.1, 0.15) is 25.7 Å². The second-order valence-electron chi connectivity index (χ2n) is 2.98. The number of carboxylic acids is 1. The number of nitrogens with two attached hydrogens (primary N) is 1. The molecule has 1 saturated carbocycles. The molecule has 1 atom stereocenters. The number of aliphatic carboxylic acids is 1. The third-order valence-corrected chi connectivity index (χ3v) is 2.13. The molecule has 3 nitrogen and oxygen atoms in total. The van der Waals surface area contributed by atoms with Crippen molar-refractivity contribution >= 4 is 5.97 Å². The van der Waals surface area contributed by atoms with Gasteiger partial charge < -0.3 is 10.8 Å². The summed E-state index contributed by atoms with van der Waals surface area (Å²) >= 11 is 0. The van der Waals surface area contributed by atoms with Crippen molar-refractivity contribution < 1.29 is 9.90 Å². The van der Waals surface area contributed by atoms with Crippen LogP contribution < -0.4 is 5.73 Å². The molecule has 10 heavy (non-hydrogen) atoms. The van der Waals surface area contributed by atoms with E-state index in [1.807, 2.05) is 0 Å². The molecule has 1 fully saturated rings. The van der Waals surface area contributed by atoms with Crippen LogP contribution in [0.5, 0.6) is 0 Å². The first-order valence-electron chi connectivity index (χ1n) is 3.68. The van der Waals surface area contributed by atoms with Gasteiger partial charge in [0.2, 0.25) is 0 Å². The molecular weight excluding hydrogens is 130 g/mol. The van der Waals surface area contributed by atoms with E-state index in [-0.39, 0.29) is 0 Å². The fourth-order valence-electron chi connectivity index (χ4n) is 1.19. The van der Waals surface area contributed by atoms with Crippen LogP contribution in [0.2, 0.25) is 0 Å². The Morgan fingerprint density at radius 1 is 1.70 bits per heavy atom. The summed E-state index contributed by atoms with van der Waals surface area (Å²) in [5.41, 5.74) is 5.33. The van der Waals surface area contributed by atoms with Gasteiger partial charge in [-0.1, -0.05) is 19.3 Å². The van der Waals surface area contributed by atoms with E-state index < -0.39 is 12.0 Å². The van der Waals surface area contributed by atoms with Gasteiger partial charge in [0.25, 0.3) is 0 Å². The molecule has 1 aliphatic rings. The first-order chi connectivity index (χ1) is 4.70. The predicted molar refractivity (Wildman–Crippen MR) is 37.6 cm³/mol. The average Bonchev–Trinajstić information content (AvgIpc) is 1.77. The number of rotatable bonds is 3. The van der Waals surface area contributed by atoms with Crippen LogP contribution in [0.25, 0.3) is 0 Å². The lowest BCUT2D eigenvalue weighted by Gasteiger charge is -2.26. The van der Waals surface area contributed by atoms with E-state index in [1.54, 1.807) is 0 Å². The van der Waals surface area contributed by atoms with Gasteiger partial charge in [-0.3, -0.25) is 4.79 Å². The largest absolute Gasteiger partial charge is 0.480 e. The Morgan fingerprint density at radius 2 is 2.30 bits per heavy atom. The van der Waals surface area contributed by atoms with Crippen LogP contribution in [-0.2, 0) is 4.79 Å². The van der Waals surface area contributed by atoms with Gasteiger partial charge in [-0.15, -0.1) is 0 Å². The van der Waals surface area contributed by atoms with Crippen molar-refractivity contribution in [3.8, 4) is 0 Å². The van der Waals surface area contributed by atoms with Crippen molar-refractivity contribution in [1.29, 1.82) is 0 Å². The molecule has 0 saturated heterocycles. The van der Waals surface area contributed by atoms with E-state index in [9.17, 15) is 4.79 Å². The minimum absolute atomic E-state index is 0.589. The van der Waals surface area contributed by atoms with Gasteiger partial charge in [-0.05, 0) is 12.3 Å². The molecule has 0 spiro atoms. The molecule has 0 radical (unpaired) electrons. The molecule has 1 aliphatic carbocycles.